The SMILES string of the molecule is CC[C@@H](N)c1nc(-c2ccc(O)cc2)no1. The summed E-state index contributed by atoms with van der Waals surface area (Å²) < 4.78 is 5.05. The van der Waals surface area contributed by atoms with Crippen LogP contribution in [-0.4, -0.2) is 15.2 Å². The lowest BCUT2D eigenvalue weighted by Gasteiger charge is -1.99. The first kappa shape index (κ1) is 10.6. The minimum atomic E-state index is -0.224. The van der Waals surface area contributed by atoms with Crippen molar-refractivity contribution >= 4 is 0 Å². The van der Waals surface area contributed by atoms with Gasteiger partial charge in [0.15, 0.2) is 0 Å². The molecule has 0 aliphatic rings. The first-order valence-corrected chi connectivity index (χ1v) is 5.09. The lowest BCUT2D eigenvalue weighted by molar-refractivity contribution is 0.352. The molecule has 0 saturated carbocycles. The molecule has 3 N–H and O–H groups in total. The normalized spacial score (nSPS) is 12.6. The van der Waals surface area contributed by atoms with Gasteiger partial charge in [0.2, 0.25) is 11.7 Å². The minimum Gasteiger partial charge on any atom is -0.508 e. The minimum absolute atomic E-state index is 0.206. The van der Waals surface area contributed by atoms with Crippen LogP contribution in [0.3, 0.4) is 0 Å². The second-order valence-corrected chi connectivity index (χ2v) is 3.52. The predicted octanol–water partition coefficient (Wildman–Crippen LogP) is 1.85. The Bertz CT molecular complexity index is 464. The molecule has 0 fully saturated rings. The van der Waals surface area contributed by atoms with Crippen LogP contribution in [0.15, 0.2) is 28.8 Å². The van der Waals surface area contributed by atoms with Gasteiger partial charge in [0.05, 0.1) is 6.04 Å². The maximum atomic E-state index is 9.15. The Morgan fingerprint density at radius 3 is 2.69 bits per heavy atom. The van der Waals surface area contributed by atoms with Crippen molar-refractivity contribution in [1.82, 2.24) is 10.1 Å². The molecule has 5 nitrogen and oxygen atoms in total. The molecule has 1 heterocycles. The predicted molar refractivity (Wildman–Crippen MR) is 58.6 cm³/mol. The van der Waals surface area contributed by atoms with Gasteiger partial charge in [-0.2, -0.15) is 4.98 Å². The van der Waals surface area contributed by atoms with E-state index in [9.17, 15) is 0 Å². The van der Waals surface area contributed by atoms with Gasteiger partial charge in [-0.1, -0.05) is 12.1 Å². The number of phenols is 1. The number of rotatable bonds is 3. The molecular formula is C11H13N3O2. The monoisotopic (exact) mass is 219 g/mol. The van der Waals surface area contributed by atoms with Crippen molar-refractivity contribution in [2.45, 2.75) is 19.4 Å². The van der Waals surface area contributed by atoms with Crippen LogP contribution >= 0.6 is 0 Å². The van der Waals surface area contributed by atoms with Crippen LogP contribution in [0, 0.1) is 0 Å². The molecular weight excluding hydrogens is 206 g/mol. The molecule has 2 rings (SSSR count). The first-order chi connectivity index (χ1) is 7.70. The fraction of sp³-hybridized carbons (Fsp3) is 0.273. The zero-order chi connectivity index (χ0) is 11.5. The van der Waals surface area contributed by atoms with Crippen molar-refractivity contribution in [2.75, 3.05) is 0 Å². The second-order valence-electron chi connectivity index (χ2n) is 3.52. The van der Waals surface area contributed by atoms with Gasteiger partial charge >= 0.3 is 0 Å². The molecule has 0 amide bonds. The standard InChI is InChI=1S/C11H13N3O2/c1-2-9(12)11-13-10(14-16-11)7-3-5-8(15)6-4-7/h3-6,9,15H,2,12H2,1H3/t9-/m1/s1. The van der Waals surface area contributed by atoms with E-state index >= 15 is 0 Å². The van der Waals surface area contributed by atoms with Crippen LogP contribution in [0.5, 0.6) is 5.75 Å². The summed E-state index contributed by atoms with van der Waals surface area (Å²) in [5.74, 6) is 1.13. The number of aromatic nitrogens is 2. The maximum absolute atomic E-state index is 9.15. The van der Waals surface area contributed by atoms with Crippen molar-refractivity contribution in [2.24, 2.45) is 5.73 Å². The van der Waals surface area contributed by atoms with Gasteiger partial charge in [0.25, 0.3) is 0 Å². The summed E-state index contributed by atoms with van der Waals surface area (Å²) in [6, 6.07) is 6.37. The van der Waals surface area contributed by atoms with E-state index in [0.29, 0.717) is 11.7 Å². The molecule has 0 bridgehead atoms. The molecule has 5 heteroatoms. The van der Waals surface area contributed by atoms with Crippen LogP contribution in [0.2, 0.25) is 0 Å². The molecule has 16 heavy (non-hydrogen) atoms. The summed E-state index contributed by atoms with van der Waals surface area (Å²) in [4.78, 5) is 4.20. The van der Waals surface area contributed by atoms with E-state index in [-0.39, 0.29) is 11.8 Å². The fourth-order valence-corrected chi connectivity index (χ4v) is 1.29. The third-order valence-electron chi connectivity index (χ3n) is 2.32. The summed E-state index contributed by atoms with van der Waals surface area (Å²) in [6.45, 7) is 1.95. The summed E-state index contributed by atoms with van der Waals surface area (Å²) in [5.41, 5.74) is 6.56. The van der Waals surface area contributed by atoms with Crippen molar-refractivity contribution in [3.63, 3.8) is 0 Å². The van der Waals surface area contributed by atoms with E-state index in [2.05, 4.69) is 10.1 Å². The van der Waals surface area contributed by atoms with E-state index in [1.165, 1.54) is 0 Å². The second kappa shape index (κ2) is 4.32. The van der Waals surface area contributed by atoms with Crippen molar-refractivity contribution < 1.29 is 9.63 Å². The van der Waals surface area contributed by atoms with Gasteiger partial charge < -0.3 is 15.4 Å². The average Bonchev–Trinajstić information content (AvgIpc) is 2.78. The van der Waals surface area contributed by atoms with Crippen LogP contribution in [0.1, 0.15) is 25.3 Å². The fourth-order valence-electron chi connectivity index (χ4n) is 1.29. The summed E-state index contributed by atoms with van der Waals surface area (Å²) in [7, 11) is 0. The van der Waals surface area contributed by atoms with Crippen LogP contribution in [-0.2, 0) is 0 Å². The van der Waals surface area contributed by atoms with Crippen LogP contribution < -0.4 is 5.73 Å². The number of benzene rings is 1. The van der Waals surface area contributed by atoms with Gasteiger partial charge in [-0.05, 0) is 30.7 Å². The first-order valence-electron chi connectivity index (χ1n) is 5.09. The number of hydrogen-bond donors (Lipinski definition) is 2. The molecule has 84 valence electrons. The molecule has 0 unspecified atom stereocenters. The van der Waals surface area contributed by atoms with E-state index in [1.807, 2.05) is 6.92 Å². The number of nitrogens with zero attached hydrogens (tertiary/aromatic N) is 2. The third kappa shape index (κ3) is 2.04. The molecule has 0 spiro atoms. The van der Waals surface area contributed by atoms with Crippen molar-refractivity contribution in [1.29, 1.82) is 0 Å². The van der Waals surface area contributed by atoms with Crippen LogP contribution in [0.4, 0.5) is 0 Å². The highest BCUT2D eigenvalue weighted by molar-refractivity contribution is 5.55. The highest BCUT2D eigenvalue weighted by atomic mass is 16.5. The van der Waals surface area contributed by atoms with E-state index in [4.69, 9.17) is 15.4 Å². The molecule has 2 aromatic rings. The average molecular weight is 219 g/mol. The summed E-state index contributed by atoms with van der Waals surface area (Å²) in [6.07, 6.45) is 0.747. The van der Waals surface area contributed by atoms with Crippen LogP contribution in [0.25, 0.3) is 11.4 Å². The Kier molecular flexibility index (Phi) is 2.87. The topological polar surface area (TPSA) is 85.2 Å². The van der Waals surface area contributed by atoms with Gasteiger partial charge in [0.1, 0.15) is 5.75 Å². The largest absolute Gasteiger partial charge is 0.508 e. The Morgan fingerprint density at radius 2 is 2.06 bits per heavy atom. The van der Waals surface area contributed by atoms with Crippen molar-refractivity contribution in [3.05, 3.63) is 30.2 Å². The Hall–Kier alpha value is -1.88. The molecule has 0 radical (unpaired) electrons. The highest BCUT2D eigenvalue weighted by Gasteiger charge is 2.13. The lowest BCUT2D eigenvalue weighted by Crippen LogP contribution is -2.08. The Labute approximate surface area is 92.9 Å². The Balaban J connectivity index is 2.28. The van der Waals surface area contributed by atoms with Gasteiger partial charge in [-0.3, -0.25) is 0 Å². The maximum Gasteiger partial charge on any atom is 0.243 e. The zero-order valence-corrected chi connectivity index (χ0v) is 8.92. The quantitative estimate of drug-likeness (QED) is 0.822. The number of nitrogens with two attached hydrogens (primary N) is 1. The van der Waals surface area contributed by atoms with E-state index in [0.717, 1.165) is 12.0 Å². The molecule has 0 aliphatic heterocycles. The summed E-state index contributed by atoms with van der Waals surface area (Å²) in [5, 5.41) is 13.0. The molecule has 1 aromatic heterocycles. The Morgan fingerprint density at radius 1 is 1.38 bits per heavy atom. The summed E-state index contributed by atoms with van der Waals surface area (Å²) >= 11 is 0. The molecule has 0 saturated heterocycles. The number of phenolic OH excluding ortho intramolecular Hbond substituents is 1. The molecule has 1 atom stereocenters. The highest BCUT2D eigenvalue weighted by Crippen LogP contribution is 2.20. The lowest BCUT2D eigenvalue weighted by atomic mass is 10.2. The van der Waals surface area contributed by atoms with E-state index < -0.39 is 0 Å². The van der Waals surface area contributed by atoms with Gasteiger partial charge in [0, 0.05) is 5.56 Å². The van der Waals surface area contributed by atoms with Gasteiger partial charge in [-0.15, -0.1) is 0 Å². The van der Waals surface area contributed by atoms with E-state index in [1.54, 1.807) is 24.3 Å². The zero-order valence-electron chi connectivity index (χ0n) is 8.92. The number of hydrogen-bond acceptors (Lipinski definition) is 5. The molecule has 1 aromatic carbocycles. The smallest absolute Gasteiger partial charge is 0.243 e. The van der Waals surface area contributed by atoms with Crippen molar-refractivity contribution in [3.8, 4) is 17.1 Å². The molecule has 0 aliphatic carbocycles. The number of aromatic hydroxyl groups is 1. The third-order valence-corrected chi connectivity index (χ3v) is 2.32. The van der Waals surface area contributed by atoms with Gasteiger partial charge in [-0.25, -0.2) is 0 Å².